The molecule has 2 unspecified atom stereocenters. The van der Waals surface area contributed by atoms with Crippen LogP contribution in [0.5, 0.6) is 0 Å². The zero-order chi connectivity index (χ0) is 12.8. The number of hydrogen-bond acceptors (Lipinski definition) is 4. The maximum Gasteiger partial charge on any atom is 0.0951 e. The van der Waals surface area contributed by atoms with Crippen LogP contribution >= 0.6 is 0 Å². The molecule has 2 aliphatic rings. The number of nitrogens with two attached hydrogens (primary N) is 1. The van der Waals surface area contributed by atoms with Crippen molar-refractivity contribution in [1.82, 2.24) is 4.98 Å². The zero-order valence-electron chi connectivity index (χ0n) is 10.7. The van der Waals surface area contributed by atoms with Gasteiger partial charge in [-0.15, -0.1) is 0 Å². The molecule has 2 bridgehead atoms. The van der Waals surface area contributed by atoms with Crippen molar-refractivity contribution in [2.24, 2.45) is 0 Å². The van der Waals surface area contributed by atoms with Crippen LogP contribution in [0.15, 0.2) is 30.5 Å². The quantitative estimate of drug-likeness (QED) is 0.794. The third kappa shape index (κ3) is 1.75. The highest BCUT2D eigenvalue weighted by Crippen LogP contribution is 2.34. The van der Waals surface area contributed by atoms with Crippen LogP contribution in [0.4, 0.5) is 11.4 Å². The maximum atomic E-state index is 6.02. The number of morpholine rings is 1. The molecule has 1 aromatic carbocycles. The van der Waals surface area contributed by atoms with Crippen LogP contribution in [0.25, 0.3) is 10.9 Å². The summed E-state index contributed by atoms with van der Waals surface area (Å²) in [5.41, 5.74) is 8.90. The number of nitrogen functional groups attached to an aromatic ring is 1. The first kappa shape index (κ1) is 11.1. The summed E-state index contributed by atoms with van der Waals surface area (Å²) in [5.74, 6) is 0. The molecule has 0 aliphatic carbocycles. The number of nitrogens with zero attached hydrogens (tertiary/aromatic N) is 2. The molecular weight excluding hydrogens is 238 g/mol. The lowest BCUT2D eigenvalue weighted by atomic mass is 10.1. The van der Waals surface area contributed by atoms with Gasteiger partial charge in [0.05, 0.1) is 23.4 Å². The normalized spacial score (nSPS) is 26.0. The Morgan fingerprint density at radius 1 is 1.16 bits per heavy atom. The van der Waals surface area contributed by atoms with Crippen LogP contribution in [0.2, 0.25) is 0 Å². The van der Waals surface area contributed by atoms with Gasteiger partial charge < -0.3 is 15.4 Å². The minimum Gasteiger partial charge on any atom is -0.397 e. The predicted molar refractivity (Wildman–Crippen MR) is 76.3 cm³/mol. The first-order valence-electron chi connectivity index (χ1n) is 6.85. The number of aromatic nitrogens is 1. The second-order valence-corrected chi connectivity index (χ2v) is 5.44. The number of hydrogen-bond donors (Lipinski definition) is 1. The number of benzene rings is 1. The van der Waals surface area contributed by atoms with Gasteiger partial charge in [0.2, 0.25) is 0 Å². The molecule has 1 aromatic heterocycles. The Bertz CT molecular complexity index is 616. The molecule has 2 fully saturated rings. The van der Waals surface area contributed by atoms with Gasteiger partial charge in [0.15, 0.2) is 0 Å². The molecule has 3 heterocycles. The van der Waals surface area contributed by atoms with Crippen LogP contribution in [0.3, 0.4) is 0 Å². The van der Waals surface area contributed by atoms with E-state index in [2.05, 4.69) is 22.0 Å². The Morgan fingerprint density at radius 2 is 1.95 bits per heavy atom. The summed E-state index contributed by atoms with van der Waals surface area (Å²) in [6.07, 6.45) is 4.95. The van der Waals surface area contributed by atoms with Crippen molar-refractivity contribution in [2.75, 3.05) is 23.7 Å². The average molecular weight is 255 g/mol. The summed E-state index contributed by atoms with van der Waals surface area (Å²) in [5, 5.41) is 1.14. The lowest BCUT2D eigenvalue weighted by molar-refractivity contribution is 0.0306. The van der Waals surface area contributed by atoms with Gasteiger partial charge in [-0.2, -0.15) is 0 Å². The molecule has 4 nitrogen and oxygen atoms in total. The summed E-state index contributed by atoms with van der Waals surface area (Å²) in [7, 11) is 0. The van der Waals surface area contributed by atoms with Gasteiger partial charge in [0.25, 0.3) is 0 Å². The number of fused-ring (bicyclic) bond motifs is 3. The molecule has 4 rings (SSSR count). The Balaban J connectivity index is 1.81. The Labute approximate surface area is 112 Å². The van der Waals surface area contributed by atoms with Gasteiger partial charge >= 0.3 is 0 Å². The zero-order valence-corrected chi connectivity index (χ0v) is 10.7. The van der Waals surface area contributed by atoms with Gasteiger partial charge in [0.1, 0.15) is 0 Å². The number of ether oxygens (including phenoxy) is 1. The van der Waals surface area contributed by atoms with Crippen molar-refractivity contribution >= 4 is 22.3 Å². The maximum absolute atomic E-state index is 6.02. The molecule has 2 saturated heterocycles. The van der Waals surface area contributed by atoms with E-state index >= 15 is 0 Å². The van der Waals surface area contributed by atoms with Crippen LogP contribution in [0, 0.1) is 0 Å². The largest absolute Gasteiger partial charge is 0.397 e. The lowest BCUT2D eigenvalue weighted by Gasteiger charge is -2.34. The van der Waals surface area contributed by atoms with Crippen molar-refractivity contribution in [3.63, 3.8) is 0 Å². The fourth-order valence-corrected chi connectivity index (χ4v) is 3.27. The molecule has 0 saturated carbocycles. The van der Waals surface area contributed by atoms with Crippen LogP contribution in [0.1, 0.15) is 12.8 Å². The summed E-state index contributed by atoms with van der Waals surface area (Å²) >= 11 is 0. The first-order valence-corrected chi connectivity index (χ1v) is 6.85. The first-order chi connectivity index (χ1) is 9.31. The van der Waals surface area contributed by atoms with E-state index < -0.39 is 0 Å². The monoisotopic (exact) mass is 255 g/mol. The Hall–Kier alpha value is -1.81. The van der Waals surface area contributed by atoms with Gasteiger partial charge in [-0.1, -0.05) is 0 Å². The smallest absolute Gasteiger partial charge is 0.0951 e. The highest BCUT2D eigenvalue weighted by atomic mass is 16.5. The van der Waals surface area contributed by atoms with Crippen molar-refractivity contribution < 1.29 is 4.74 Å². The number of rotatable bonds is 1. The third-order valence-electron chi connectivity index (χ3n) is 4.16. The van der Waals surface area contributed by atoms with Crippen molar-refractivity contribution in [1.29, 1.82) is 0 Å². The topological polar surface area (TPSA) is 51.4 Å². The molecule has 4 heteroatoms. The molecule has 0 spiro atoms. The van der Waals surface area contributed by atoms with Crippen LogP contribution in [-0.4, -0.2) is 30.3 Å². The Morgan fingerprint density at radius 3 is 2.74 bits per heavy atom. The molecule has 2 aromatic rings. The second kappa shape index (κ2) is 4.10. The minimum absolute atomic E-state index is 0.392. The van der Waals surface area contributed by atoms with Gasteiger partial charge in [-0.05, 0) is 37.1 Å². The number of pyridine rings is 1. The van der Waals surface area contributed by atoms with Crippen molar-refractivity contribution in [2.45, 2.75) is 25.0 Å². The van der Waals surface area contributed by atoms with E-state index in [4.69, 9.17) is 10.5 Å². The van der Waals surface area contributed by atoms with E-state index in [9.17, 15) is 0 Å². The van der Waals surface area contributed by atoms with Gasteiger partial charge in [-0.3, -0.25) is 4.98 Å². The van der Waals surface area contributed by atoms with E-state index in [1.807, 2.05) is 12.1 Å². The molecular formula is C15H17N3O. The fourth-order valence-electron chi connectivity index (χ4n) is 3.27. The van der Waals surface area contributed by atoms with Crippen LogP contribution in [-0.2, 0) is 4.74 Å². The van der Waals surface area contributed by atoms with Gasteiger partial charge in [-0.25, -0.2) is 0 Å². The van der Waals surface area contributed by atoms with E-state index in [-0.39, 0.29) is 0 Å². The van der Waals surface area contributed by atoms with E-state index in [0.29, 0.717) is 12.2 Å². The van der Waals surface area contributed by atoms with Crippen molar-refractivity contribution in [3.8, 4) is 0 Å². The summed E-state index contributed by atoms with van der Waals surface area (Å²) < 4.78 is 5.90. The van der Waals surface area contributed by atoms with Crippen molar-refractivity contribution in [3.05, 3.63) is 30.5 Å². The molecule has 0 amide bonds. The molecule has 0 radical (unpaired) electrons. The summed E-state index contributed by atoms with van der Waals surface area (Å²) in [6.45, 7) is 1.95. The van der Waals surface area contributed by atoms with E-state index in [1.54, 1.807) is 6.20 Å². The standard InChI is InChI=1S/C15H17N3O/c16-13-5-6-14(12-2-1-7-17-15(12)13)18-8-10-3-4-11(9-18)19-10/h1-2,5-7,10-11H,3-4,8-9,16H2. The highest BCUT2D eigenvalue weighted by Gasteiger charge is 2.34. The molecule has 98 valence electrons. The van der Waals surface area contributed by atoms with E-state index in [0.717, 1.165) is 29.7 Å². The molecule has 2 atom stereocenters. The lowest BCUT2D eigenvalue weighted by Crippen LogP contribution is -2.42. The average Bonchev–Trinajstić information content (AvgIpc) is 2.78. The predicted octanol–water partition coefficient (Wildman–Crippen LogP) is 2.18. The summed E-state index contributed by atoms with van der Waals surface area (Å²) in [6, 6.07) is 8.15. The van der Waals surface area contributed by atoms with E-state index in [1.165, 1.54) is 18.5 Å². The second-order valence-electron chi connectivity index (χ2n) is 5.44. The van der Waals surface area contributed by atoms with Gasteiger partial charge in [0, 0.05) is 30.4 Å². The number of anilines is 2. The minimum atomic E-state index is 0.392. The van der Waals surface area contributed by atoms with Crippen LogP contribution < -0.4 is 10.6 Å². The molecule has 19 heavy (non-hydrogen) atoms. The molecule has 2 N–H and O–H groups in total. The highest BCUT2D eigenvalue weighted by molar-refractivity contribution is 5.98. The fraction of sp³-hybridized carbons (Fsp3) is 0.400. The third-order valence-corrected chi connectivity index (χ3v) is 4.16. The SMILES string of the molecule is Nc1ccc(N2CC3CCC(C2)O3)c2cccnc12. The summed E-state index contributed by atoms with van der Waals surface area (Å²) in [4.78, 5) is 6.83. The molecule has 2 aliphatic heterocycles. The Kier molecular flexibility index (Phi) is 2.38.